The summed E-state index contributed by atoms with van der Waals surface area (Å²) in [6, 6.07) is -0.757. The second-order valence-electron chi connectivity index (χ2n) is 2.52. The Hall–Kier alpha value is -0.750. The first-order valence-electron chi connectivity index (χ1n) is 3.96. The number of amides is 1. The molecule has 0 radical (unpaired) electrons. The molecule has 6 heteroatoms. The minimum Gasteiger partial charge on any atom is -0.465 e. The summed E-state index contributed by atoms with van der Waals surface area (Å²) in [6.07, 6.45) is 0.633. The van der Waals surface area contributed by atoms with Gasteiger partial charge in [0.05, 0.1) is 13.0 Å². The minimum atomic E-state index is -0.757. The number of hydrogen-bond donors (Lipinski definition) is 3. The SMILES string of the molecule is CCCOC(=O)[C@H](CC(N)=O)NS. The van der Waals surface area contributed by atoms with E-state index in [2.05, 4.69) is 17.5 Å². The van der Waals surface area contributed by atoms with Gasteiger partial charge in [0.2, 0.25) is 5.91 Å². The number of rotatable bonds is 6. The average Bonchev–Trinajstić information content (AvgIpc) is 2.09. The standard InChI is InChI=1S/C7H14N2O3S/c1-2-3-12-7(11)5(9-13)4-6(8)10/h5,9,13H,2-4H2,1H3,(H2,8,10)/t5-/m0/s1. The Balaban J connectivity index is 3.92. The molecule has 0 saturated carbocycles. The van der Waals surface area contributed by atoms with Crippen molar-refractivity contribution in [3.63, 3.8) is 0 Å². The van der Waals surface area contributed by atoms with Crippen molar-refractivity contribution in [2.75, 3.05) is 6.61 Å². The molecule has 0 aliphatic heterocycles. The molecule has 76 valence electrons. The lowest BCUT2D eigenvalue weighted by Crippen LogP contribution is -2.36. The highest BCUT2D eigenvalue weighted by molar-refractivity contribution is 7.78. The van der Waals surface area contributed by atoms with Crippen molar-refractivity contribution >= 4 is 24.7 Å². The number of thiol groups is 1. The van der Waals surface area contributed by atoms with E-state index >= 15 is 0 Å². The van der Waals surface area contributed by atoms with Gasteiger partial charge >= 0.3 is 5.97 Å². The van der Waals surface area contributed by atoms with E-state index in [1.165, 1.54) is 0 Å². The molecule has 0 aliphatic rings. The lowest BCUT2D eigenvalue weighted by Gasteiger charge is -2.11. The van der Waals surface area contributed by atoms with Crippen molar-refractivity contribution in [1.29, 1.82) is 0 Å². The summed E-state index contributed by atoms with van der Waals surface area (Å²) in [5.41, 5.74) is 4.91. The minimum absolute atomic E-state index is 0.105. The van der Waals surface area contributed by atoms with E-state index in [4.69, 9.17) is 10.5 Å². The van der Waals surface area contributed by atoms with Gasteiger partial charge in [0.25, 0.3) is 0 Å². The third kappa shape index (κ3) is 5.48. The highest BCUT2D eigenvalue weighted by Gasteiger charge is 2.20. The average molecular weight is 206 g/mol. The van der Waals surface area contributed by atoms with Crippen molar-refractivity contribution in [1.82, 2.24) is 4.72 Å². The molecule has 0 rings (SSSR count). The number of carbonyl (C=O) groups is 2. The van der Waals surface area contributed by atoms with Crippen molar-refractivity contribution in [3.05, 3.63) is 0 Å². The van der Waals surface area contributed by atoms with Crippen LogP contribution in [0, 0.1) is 0 Å². The van der Waals surface area contributed by atoms with Crippen LogP contribution in [-0.4, -0.2) is 24.5 Å². The van der Waals surface area contributed by atoms with Crippen LogP contribution >= 0.6 is 12.8 Å². The van der Waals surface area contributed by atoms with Gasteiger partial charge in [-0.15, -0.1) is 0 Å². The van der Waals surface area contributed by atoms with E-state index in [1.54, 1.807) is 0 Å². The van der Waals surface area contributed by atoms with Crippen molar-refractivity contribution < 1.29 is 14.3 Å². The number of ether oxygens (including phenoxy) is 1. The molecule has 0 heterocycles. The number of primary amides is 1. The summed E-state index contributed by atoms with van der Waals surface area (Å²) in [6.45, 7) is 2.22. The topological polar surface area (TPSA) is 81.4 Å². The van der Waals surface area contributed by atoms with Gasteiger partial charge in [-0.3, -0.25) is 14.3 Å². The zero-order valence-electron chi connectivity index (χ0n) is 7.45. The summed E-state index contributed by atoms with van der Waals surface area (Å²) in [5.74, 6) is -1.07. The van der Waals surface area contributed by atoms with Crippen LogP contribution in [0.2, 0.25) is 0 Å². The Labute approximate surface area is 82.5 Å². The van der Waals surface area contributed by atoms with Gasteiger partial charge in [0.15, 0.2) is 0 Å². The molecule has 3 N–H and O–H groups in total. The molecule has 0 saturated heterocycles. The summed E-state index contributed by atoms with van der Waals surface area (Å²) in [7, 11) is 0. The molecule has 13 heavy (non-hydrogen) atoms. The molecular formula is C7H14N2O3S. The van der Waals surface area contributed by atoms with Crippen molar-refractivity contribution in [2.45, 2.75) is 25.8 Å². The van der Waals surface area contributed by atoms with Crippen LogP contribution in [0.15, 0.2) is 0 Å². The second-order valence-corrected chi connectivity index (χ2v) is 2.78. The smallest absolute Gasteiger partial charge is 0.324 e. The predicted molar refractivity (Wildman–Crippen MR) is 51.0 cm³/mol. The summed E-state index contributed by atoms with van der Waals surface area (Å²) < 4.78 is 7.15. The first-order chi connectivity index (χ1) is 6.11. The Morgan fingerprint density at radius 3 is 2.62 bits per heavy atom. The molecule has 0 spiro atoms. The van der Waals surface area contributed by atoms with Crippen molar-refractivity contribution in [2.24, 2.45) is 5.73 Å². The van der Waals surface area contributed by atoms with Crippen LogP contribution in [0.4, 0.5) is 0 Å². The van der Waals surface area contributed by atoms with Gasteiger partial charge < -0.3 is 10.5 Å². The van der Waals surface area contributed by atoms with Gasteiger partial charge in [-0.25, -0.2) is 0 Å². The van der Waals surface area contributed by atoms with Gasteiger partial charge in [-0.2, -0.15) is 0 Å². The van der Waals surface area contributed by atoms with Gasteiger partial charge in [0.1, 0.15) is 6.04 Å². The highest BCUT2D eigenvalue weighted by atomic mass is 32.1. The fourth-order valence-electron chi connectivity index (χ4n) is 0.686. The Bertz CT molecular complexity index is 187. The summed E-state index contributed by atoms with van der Waals surface area (Å²) in [5, 5.41) is 0. The second kappa shape index (κ2) is 6.73. The normalized spacial score (nSPS) is 12.2. The van der Waals surface area contributed by atoms with E-state index in [-0.39, 0.29) is 6.42 Å². The Morgan fingerprint density at radius 2 is 2.23 bits per heavy atom. The van der Waals surface area contributed by atoms with Crippen LogP contribution in [0.1, 0.15) is 19.8 Å². The fraction of sp³-hybridized carbons (Fsp3) is 0.714. The molecule has 1 atom stereocenters. The van der Waals surface area contributed by atoms with Crippen molar-refractivity contribution in [3.8, 4) is 0 Å². The lowest BCUT2D eigenvalue weighted by atomic mass is 10.2. The van der Waals surface area contributed by atoms with Gasteiger partial charge in [-0.1, -0.05) is 19.7 Å². The third-order valence-corrected chi connectivity index (χ3v) is 1.61. The molecule has 5 nitrogen and oxygen atoms in total. The Morgan fingerprint density at radius 1 is 1.62 bits per heavy atom. The van der Waals surface area contributed by atoms with Crippen LogP contribution in [-0.2, 0) is 14.3 Å². The summed E-state index contributed by atoms with van der Waals surface area (Å²) in [4.78, 5) is 21.6. The zero-order chi connectivity index (χ0) is 10.3. The number of nitrogens with one attached hydrogen (secondary N) is 1. The molecule has 0 aromatic carbocycles. The quantitative estimate of drug-likeness (QED) is 0.408. The highest BCUT2D eigenvalue weighted by Crippen LogP contribution is 1.97. The molecule has 0 aromatic heterocycles. The van der Waals surface area contributed by atoms with E-state index in [0.29, 0.717) is 6.61 Å². The lowest BCUT2D eigenvalue weighted by molar-refractivity contribution is -0.146. The molecule has 0 bridgehead atoms. The molecule has 0 unspecified atom stereocenters. The molecular weight excluding hydrogens is 192 g/mol. The zero-order valence-corrected chi connectivity index (χ0v) is 8.34. The van der Waals surface area contributed by atoms with Crippen LogP contribution < -0.4 is 10.5 Å². The first kappa shape index (κ1) is 12.2. The molecule has 0 fully saturated rings. The maximum absolute atomic E-state index is 11.1. The van der Waals surface area contributed by atoms with Gasteiger partial charge in [0, 0.05) is 0 Å². The number of hydrogen-bond acceptors (Lipinski definition) is 5. The van der Waals surface area contributed by atoms with Crippen LogP contribution in [0.5, 0.6) is 0 Å². The van der Waals surface area contributed by atoms with E-state index < -0.39 is 17.9 Å². The fourth-order valence-corrected chi connectivity index (χ4v) is 0.883. The van der Waals surface area contributed by atoms with E-state index in [9.17, 15) is 9.59 Å². The predicted octanol–water partition coefficient (Wildman–Crippen LogP) is -0.382. The largest absolute Gasteiger partial charge is 0.465 e. The van der Waals surface area contributed by atoms with Crippen LogP contribution in [0.25, 0.3) is 0 Å². The molecule has 0 aliphatic carbocycles. The summed E-state index contributed by atoms with van der Waals surface area (Å²) >= 11 is 3.69. The maximum atomic E-state index is 11.1. The van der Waals surface area contributed by atoms with Crippen LogP contribution in [0.3, 0.4) is 0 Å². The van der Waals surface area contributed by atoms with E-state index in [1.807, 2.05) is 6.92 Å². The van der Waals surface area contributed by atoms with Gasteiger partial charge in [-0.05, 0) is 6.42 Å². The number of esters is 1. The first-order valence-corrected chi connectivity index (χ1v) is 4.41. The Kier molecular flexibility index (Phi) is 6.34. The van der Waals surface area contributed by atoms with E-state index in [0.717, 1.165) is 6.42 Å². The number of nitrogens with two attached hydrogens (primary N) is 1. The maximum Gasteiger partial charge on any atom is 0.324 e. The third-order valence-electron chi connectivity index (χ3n) is 1.29. The molecule has 1 amide bonds. The number of carbonyl (C=O) groups excluding carboxylic acids is 2. The monoisotopic (exact) mass is 206 g/mol. The molecule has 0 aromatic rings.